The highest BCUT2D eigenvalue weighted by Gasteiger charge is 2.34. The molecular formula is C16H17FN2O4. The molecular weight excluding hydrogens is 303 g/mol. The average molecular weight is 320 g/mol. The summed E-state index contributed by atoms with van der Waals surface area (Å²) in [4.78, 5) is 36.1. The molecule has 1 aromatic carbocycles. The van der Waals surface area contributed by atoms with Crippen molar-refractivity contribution in [3.63, 3.8) is 0 Å². The van der Waals surface area contributed by atoms with Crippen molar-refractivity contribution in [1.82, 2.24) is 10.2 Å². The SMILES string of the molecule is CNC(/C=C(\F)CCCN1C(=O)c2ccccc2C1=O)C(=O)O. The van der Waals surface area contributed by atoms with Crippen LogP contribution in [0.5, 0.6) is 0 Å². The Bertz CT molecular complexity index is 637. The molecule has 1 heterocycles. The van der Waals surface area contributed by atoms with Crippen LogP contribution in [0.4, 0.5) is 4.39 Å². The van der Waals surface area contributed by atoms with E-state index in [1.54, 1.807) is 24.3 Å². The fraction of sp³-hybridized carbons (Fsp3) is 0.312. The lowest BCUT2D eigenvalue weighted by atomic mass is 10.1. The quantitative estimate of drug-likeness (QED) is 0.745. The van der Waals surface area contributed by atoms with Crippen molar-refractivity contribution >= 4 is 17.8 Å². The van der Waals surface area contributed by atoms with E-state index in [0.717, 1.165) is 11.0 Å². The highest BCUT2D eigenvalue weighted by Crippen LogP contribution is 2.23. The summed E-state index contributed by atoms with van der Waals surface area (Å²) in [6, 6.07) is 5.43. The molecule has 0 bridgehead atoms. The standard InChI is InChI=1S/C16H17FN2O4/c1-18-13(16(22)23)9-10(17)5-4-8-19-14(20)11-6-2-3-7-12(11)15(19)21/h2-3,6-7,9,13,18H,4-5,8H2,1H3,(H,22,23)/b10-9-. The normalized spacial score (nSPS) is 15.7. The summed E-state index contributed by atoms with van der Waals surface area (Å²) in [5, 5.41) is 11.3. The van der Waals surface area contributed by atoms with E-state index in [4.69, 9.17) is 5.11 Å². The Morgan fingerprint density at radius 1 is 1.30 bits per heavy atom. The number of hydrogen-bond acceptors (Lipinski definition) is 4. The van der Waals surface area contributed by atoms with Gasteiger partial charge in [-0.3, -0.25) is 19.3 Å². The fourth-order valence-electron chi connectivity index (χ4n) is 2.39. The van der Waals surface area contributed by atoms with E-state index in [-0.39, 0.29) is 31.2 Å². The van der Waals surface area contributed by atoms with Crippen LogP contribution in [0.25, 0.3) is 0 Å². The summed E-state index contributed by atoms with van der Waals surface area (Å²) < 4.78 is 13.7. The van der Waals surface area contributed by atoms with Crippen molar-refractivity contribution in [3.8, 4) is 0 Å². The Hall–Kier alpha value is -2.54. The van der Waals surface area contributed by atoms with E-state index in [2.05, 4.69) is 5.32 Å². The molecule has 1 atom stereocenters. The zero-order valence-corrected chi connectivity index (χ0v) is 12.6. The molecule has 122 valence electrons. The van der Waals surface area contributed by atoms with Gasteiger partial charge in [-0.25, -0.2) is 4.39 Å². The van der Waals surface area contributed by atoms with Crippen LogP contribution in [0.1, 0.15) is 33.6 Å². The molecule has 7 heteroatoms. The van der Waals surface area contributed by atoms with Gasteiger partial charge in [0.05, 0.1) is 17.0 Å². The largest absolute Gasteiger partial charge is 0.480 e. The van der Waals surface area contributed by atoms with Gasteiger partial charge < -0.3 is 10.4 Å². The van der Waals surface area contributed by atoms with Gasteiger partial charge in [0.1, 0.15) is 6.04 Å². The summed E-state index contributed by atoms with van der Waals surface area (Å²) in [7, 11) is 1.42. The van der Waals surface area contributed by atoms with Crippen molar-refractivity contribution in [2.75, 3.05) is 13.6 Å². The number of likely N-dealkylation sites (N-methyl/N-ethyl adjacent to an activating group) is 1. The molecule has 2 rings (SSSR count). The van der Waals surface area contributed by atoms with Gasteiger partial charge in [-0.1, -0.05) is 12.1 Å². The van der Waals surface area contributed by atoms with E-state index in [1.807, 2.05) is 0 Å². The van der Waals surface area contributed by atoms with Crippen molar-refractivity contribution < 1.29 is 23.9 Å². The van der Waals surface area contributed by atoms with E-state index >= 15 is 0 Å². The molecule has 0 fully saturated rings. The fourth-order valence-corrected chi connectivity index (χ4v) is 2.39. The maximum Gasteiger partial charge on any atom is 0.324 e. The number of allylic oxidation sites excluding steroid dienone is 1. The number of amides is 2. The minimum atomic E-state index is -1.18. The first-order chi connectivity index (χ1) is 11.0. The van der Waals surface area contributed by atoms with E-state index in [9.17, 15) is 18.8 Å². The molecule has 0 saturated heterocycles. The third-order valence-corrected chi connectivity index (χ3v) is 3.60. The summed E-state index contributed by atoms with van der Waals surface area (Å²) in [6.45, 7) is 0.0882. The highest BCUT2D eigenvalue weighted by atomic mass is 19.1. The molecule has 0 aromatic heterocycles. The number of nitrogens with one attached hydrogen (secondary N) is 1. The number of fused-ring (bicyclic) bond motifs is 1. The molecule has 0 aliphatic carbocycles. The number of carboxylic acids is 1. The maximum atomic E-state index is 13.7. The molecule has 2 N–H and O–H groups in total. The van der Waals surface area contributed by atoms with Crippen LogP contribution in [-0.4, -0.2) is 47.4 Å². The topological polar surface area (TPSA) is 86.7 Å². The number of carboxylic acid groups (broad SMARTS) is 1. The number of halogens is 1. The number of imide groups is 1. The minimum absolute atomic E-state index is 0.0428. The Labute approximate surface area is 132 Å². The second kappa shape index (κ2) is 7.15. The maximum absolute atomic E-state index is 13.7. The lowest BCUT2D eigenvalue weighted by Crippen LogP contribution is -2.32. The predicted octanol–water partition coefficient (Wildman–Crippen LogP) is 1.59. The molecule has 2 amide bonds. The lowest BCUT2D eigenvalue weighted by Gasteiger charge is -2.13. The highest BCUT2D eigenvalue weighted by molar-refractivity contribution is 6.21. The van der Waals surface area contributed by atoms with E-state index < -0.39 is 17.8 Å². The van der Waals surface area contributed by atoms with E-state index in [1.165, 1.54) is 7.05 Å². The molecule has 0 saturated carbocycles. The van der Waals surface area contributed by atoms with Crippen LogP contribution in [0.3, 0.4) is 0 Å². The third-order valence-electron chi connectivity index (χ3n) is 3.60. The number of carbonyl (C=O) groups excluding carboxylic acids is 2. The van der Waals surface area contributed by atoms with Crippen LogP contribution in [-0.2, 0) is 4.79 Å². The van der Waals surface area contributed by atoms with Crippen LogP contribution in [0.15, 0.2) is 36.2 Å². The zero-order chi connectivity index (χ0) is 17.0. The molecule has 1 aliphatic rings. The summed E-state index contributed by atoms with van der Waals surface area (Å²) >= 11 is 0. The van der Waals surface area contributed by atoms with Crippen molar-refractivity contribution in [2.45, 2.75) is 18.9 Å². The first kappa shape index (κ1) is 16.8. The third kappa shape index (κ3) is 3.62. The monoisotopic (exact) mass is 320 g/mol. The summed E-state index contributed by atoms with van der Waals surface area (Å²) in [5.74, 6) is -2.53. The second-order valence-electron chi connectivity index (χ2n) is 5.13. The first-order valence-corrected chi connectivity index (χ1v) is 7.17. The Kier molecular flexibility index (Phi) is 5.23. The number of hydrogen-bond donors (Lipinski definition) is 2. The Balaban J connectivity index is 1.93. The predicted molar refractivity (Wildman–Crippen MR) is 80.7 cm³/mol. The second-order valence-corrected chi connectivity index (χ2v) is 5.13. The number of rotatable bonds is 7. The average Bonchev–Trinajstić information content (AvgIpc) is 2.77. The molecule has 1 aliphatic heterocycles. The zero-order valence-electron chi connectivity index (χ0n) is 12.6. The van der Waals surface area contributed by atoms with Gasteiger partial charge in [-0.15, -0.1) is 0 Å². The number of nitrogens with zero attached hydrogens (tertiary/aromatic N) is 1. The number of benzene rings is 1. The van der Waals surface area contributed by atoms with Gasteiger partial charge in [0, 0.05) is 13.0 Å². The van der Waals surface area contributed by atoms with Crippen molar-refractivity contribution in [2.24, 2.45) is 0 Å². The van der Waals surface area contributed by atoms with Gasteiger partial charge in [0.15, 0.2) is 0 Å². The lowest BCUT2D eigenvalue weighted by molar-refractivity contribution is -0.138. The first-order valence-electron chi connectivity index (χ1n) is 7.17. The van der Waals surface area contributed by atoms with Crippen molar-refractivity contribution in [3.05, 3.63) is 47.3 Å². The number of carbonyl (C=O) groups is 3. The molecule has 6 nitrogen and oxygen atoms in total. The summed E-state index contributed by atoms with van der Waals surface area (Å²) in [5.41, 5.74) is 0.712. The van der Waals surface area contributed by atoms with Crippen molar-refractivity contribution in [1.29, 1.82) is 0 Å². The Morgan fingerprint density at radius 2 is 1.87 bits per heavy atom. The molecule has 0 spiro atoms. The van der Waals surface area contributed by atoms with Crippen LogP contribution in [0.2, 0.25) is 0 Å². The van der Waals surface area contributed by atoms with Gasteiger partial charge in [-0.05, 0) is 31.7 Å². The van der Waals surface area contributed by atoms with Gasteiger partial charge >= 0.3 is 5.97 Å². The minimum Gasteiger partial charge on any atom is -0.480 e. The van der Waals surface area contributed by atoms with Gasteiger partial charge in [0.2, 0.25) is 0 Å². The van der Waals surface area contributed by atoms with Gasteiger partial charge in [0.25, 0.3) is 11.8 Å². The Morgan fingerprint density at radius 3 is 2.35 bits per heavy atom. The molecule has 1 aromatic rings. The smallest absolute Gasteiger partial charge is 0.324 e. The van der Waals surface area contributed by atoms with Crippen LogP contribution >= 0.6 is 0 Å². The molecule has 0 radical (unpaired) electrons. The van der Waals surface area contributed by atoms with E-state index in [0.29, 0.717) is 11.1 Å². The van der Waals surface area contributed by atoms with Crippen LogP contribution in [0, 0.1) is 0 Å². The molecule has 1 unspecified atom stereocenters. The summed E-state index contributed by atoms with van der Waals surface area (Å²) in [6.07, 6.45) is 1.16. The molecule has 23 heavy (non-hydrogen) atoms. The number of aliphatic carboxylic acids is 1. The van der Waals surface area contributed by atoms with Crippen LogP contribution < -0.4 is 5.32 Å². The van der Waals surface area contributed by atoms with Gasteiger partial charge in [-0.2, -0.15) is 0 Å².